The van der Waals surface area contributed by atoms with Gasteiger partial charge in [-0.3, -0.25) is 0 Å². The summed E-state index contributed by atoms with van der Waals surface area (Å²) in [4.78, 5) is 0. The molecule has 0 spiro atoms. The van der Waals surface area contributed by atoms with E-state index in [-0.39, 0.29) is 23.7 Å². The van der Waals surface area contributed by atoms with Crippen molar-refractivity contribution >= 4 is 6.08 Å². The average Bonchev–Trinajstić information content (AvgIpc) is 2.99. The molecule has 1 atom stereocenters. The number of fused-ring (bicyclic) bond motifs is 3. The first-order chi connectivity index (χ1) is 15.4. The quantitative estimate of drug-likeness (QED) is 0.365. The zero-order chi connectivity index (χ0) is 23.8. The van der Waals surface area contributed by atoms with Gasteiger partial charge in [-0.2, -0.15) is 0 Å². The Kier molecular flexibility index (Phi) is 5.75. The van der Waals surface area contributed by atoms with Crippen LogP contribution in [0.2, 0.25) is 0 Å². The molecule has 2 aliphatic rings. The minimum absolute atomic E-state index is 0. The van der Waals surface area contributed by atoms with Crippen molar-refractivity contribution in [3.63, 3.8) is 0 Å². The maximum absolute atomic E-state index is 2.49. The summed E-state index contributed by atoms with van der Waals surface area (Å²) in [7, 11) is 0. The van der Waals surface area contributed by atoms with E-state index in [1.165, 1.54) is 50.1 Å². The molecule has 0 aromatic heterocycles. The van der Waals surface area contributed by atoms with Crippen LogP contribution in [0.3, 0.4) is 0 Å². The van der Waals surface area contributed by atoms with Gasteiger partial charge in [-0.15, -0.1) is 0 Å². The highest BCUT2D eigenvalue weighted by atomic mass is 14.5. The van der Waals surface area contributed by atoms with Gasteiger partial charge in [0.1, 0.15) is 0 Å². The van der Waals surface area contributed by atoms with Crippen molar-refractivity contribution in [3.05, 3.63) is 99.1 Å². The summed E-state index contributed by atoms with van der Waals surface area (Å²) in [5.74, 6) is 0. The SMILES string of the molecule is C.Cc1ccc2c(c1)C1(Cc3cc(C(C)(C)C)cc(C(C)(C)C)c3)CC=Cc3c(C)ccc-2c31. The first-order valence-corrected chi connectivity index (χ1v) is 12.5. The van der Waals surface area contributed by atoms with E-state index in [0.717, 1.165) is 12.8 Å². The van der Waals surface area contributed by atoms with Crippen molar-refractivity contribution in [1.29, 1.82) is 0 Å². The molecule has 0 amide bonds. The first kappa shape index (κ1) is 24.5. The highest BCUT2D eigenvalue weighted by Gasteiger charge is 2.45. The molecule has 0 fully saturated rings. The number of rotatable bonds is 2. The second kappa shape index (κ2) is 7.98. The molecule has 0 saturated carbocycles. The fourth-order valence-corrected chi connectivity index (χ4v) is 5.96. The predicted octanol–water partition coefficient (Wildman–Crippen LogP) is 9.46. The standard InChI is InChI=1S/C33H38.CH4/c1-21-11-13-27-28-14-12-22(2)26-10-9-15-33(30(26)28,29(27)16-21)20-23-17-24(31(3,4)5)19-25(18-23)32(6,7)8;/h9-14,16-19H,15,20H2,1-8H3;1H4. The van der Waals surface area contributed by atoms with Crippen LogP contribution >= 0.6 is 0 Å². The molecular formula is C34H42. The molecule has 0 bridgehead atoms. The summed E-state index contributed by atoms with van der Waals surface area (Å²) in [6.07, 6.45) is 6.91. The number of aryl methyl sites for hydroxylation is 2. The molecule has 0 heteroatoms. The Morgan fingerprint density at radius 1 is 0.765 bits per heavy atom. The number of allylic oxidation sites excluding steroid dienone is 1. The number of hydrogen-bond donors (Lipinski definition) is 0. The molecule has 5 rings (SSSR count). The highest BCUT2D eigenvalue weighted by Crippen LogP contribution is 2.56. The van der Waals surface area contributed by atoms with Crippen LogP contribution in [-0.4, -0.2) is 0 Å². The maximum Gasteiger partial charge on any atom is 0.0296 e. The Labute approximate surface area is 208 Å². The third kappa shape index (κ3) is 3.76. The van der Waals surface area contributed by atoms with E-state index in [9.17, 15) is 0 Å². The topological polar surface area (TPSA) is 0 Å². The van der Waals surface area contributed by atoms with Crippen molar-refractivity contribution in [2.45, 2.75) is 91.9 Å². The summed E-state index contributed by atoms with van der Waals surface area (Å²) in [5.41, 5.74) is 14.8. The summed E-state index contributed by atoms with van der Waals surface area (Å²) < 4.78 is 0. The largest absolute Gasteiger partial charge is 0.0827 e. The highest BCUT2D eigenvalue weighted by molar-refractivity contribution is 5.87. The average molecular weight is 451 g/mol. The molecule has 0 N–H and O–H groups in total. The van der Waals surface area contributed by atoms with E-state index in [1.54, 1.807) is 5.56 Å². The van der Waals surface area contributed by atoms with Crippen LogP contribution in [0.1, 0.15) is 99.9 Å². The van der Waals surface area contributed by atoms with Gasteiger partial charge in [0.15, 0.2) is 0 Å². The predicted molar refractivity (Wildman–Crippen MR) is 150 cm³/mol. The normalized spacial score (nSPS) is 18.4. The van der Waals surface area contributed by atoms with Gasteiger partial charge in [-0.05, 0) is 87.6 Å². The minimum Gasteiger partial charge on any atom is -0.0827 e. The molecule has 0 aliphatic heterocycles. The molecule has 3 aromatic carbocycles. The second-order valence-electron chi connectivity index (χ2n) is 12.6. The lowest BCUT2D eigenvalue weighted by atomic mass is 9.66. The molecule has 34 heavy (non-hydrogen) atoms. The zero-order valence-electron chi connectivity index (χ0n) is 21.7. The molecular weight excluding hydrogens is 408 g/mol. The molecule has 0 saturated heterocycles. The van der Waals surface area contributed by atoms with Crippen molar-refractivity contribution in [3.8, 4) is 11.1 Å². The lowest BCUT2D eigenvalue weighted by molar-refractivity contribution is 0.519. The Morgan fingerprint density at radius 3 is 2.00 bits per heavy atom. The maximum atomic E-state index is 2.49. The van der Waals surface area contributed by atoms with E-state index < -0.39 is 0 Å². The second-order valence-corrected chi connectivity index (χ2v) is 12.6. The Bertz CT molecular complexity index is 1250. The van der Waals surface area contributed by atoms with E-state index in [4.69, 9.17) is 0 Å². The number of benzene rings is 3. The Morgan fingerprint density at radius 2 is 1.38 bits per heavy atom. The van der Waals surface area contributed by atoms with Gasteiger partial charge in [0.2, 0.25) is 0 Å². The van der Waals surface area contributed by atoms with Crippen molar-refractivity contribution in [2.75, 3.05) is 0 Å². The molecule has 2 aliphatic carbocycles. The molecule has 0 nitrogen and oxygen atoms in total. The summed E-state index contributed by atoms with van der Waals surface area (Å²) in [5, 5.41) is 0. The van der Waals surface area contributed by atoms with Gasteiger partial charge >= 0.3 is 0 Å². The van der Waals surface area contributed by atoms with Gasteiger partial charge in [-0.1, -0.05) is 115 Å². The van der Waals surface area contributed by atoms with Gasteiger partial charge in [0.05, 0.1) is 0 Å². The Hall–Kier alpha value is -2.60. The summed E-state index contributed by atoms with van der Waals surface area (Å²) in [6.45, 7) is 18.5. The number of hydrogen-bond acceptors (Lipinski definition) is 0. The van der Waals surface area contributed by atoms with E-state index in [1.807, 2.05) is 0 Å². The van der Waals surface area contributed by atoms with Crippen LogP contribution in [-0.2, 0) is 22.7 Å². The van der Waals surface area contributed by atoms with E-state index in [2.05, 4.69) is 116 Å². The molecule has 0 radical (unpaired) electrons. The van der Waals surface area contributed by atoms with Crippen LogP contribution in [0.15, 0.2) is 54.6 Å². The third-order valence-corrected chi connectivity index (χ3v) is 7.90. The van der Waals surface area contributed by atoms with Crippen LogP contribution in [0.25, 0.3) is 17.2 Å². The monoisotopic (exact) mass is 450 g/mol. The molecule has 0 heterocycles. The summed E-state index contributed by atoms with van der Waals surface area (Å²) in [6, 6.07) is 19.2. The lowest BCUT2D eigenvalue weighted by Crippen LogP contribution is -2.31. The van der Waals surface area contributed by atoms with E-state index in [0.29, 0.717) is 0 Å². The van der Waals surface area contributed by atoms with Gasteiger partial charge in [0, 0.05) is 5.41 Å². The van der Waals surface area contributed by atoms with Crippen LogP contribution in [0.5, 0.6) is 0 Å². The van der Waals surface area contributed by atoms with Gasteiger partial charge in [0.25, 0.3) is 0 Å². The Balaban J connectivity index is 0.00000274. The van der Waals surface area contributed by atoms with Crippen molar-refractivity contribution in [2.24, 2.45) is 0 Å². The third-order valence-electron chi connectivity index (χ3n) is 7.90. The van der Waals surface area contributed by atoms with Crippen LogP contribution < -0.4 is 0 Å². The van der Waals surface area contributed by atoms with Crippen LogP contribution in [0, 0.1) is 13.8 Å². The zero-order valence-corrected chi connectivity index (χ0v) is 21.7. The lowest BCUT2D eigenvalue weighted by Gasteiger charge is -2.36. The minimum atomic E-state index is 0. The van der Waals surface area contributed by atoms with Gasteiger partial charge in [-0.25, -0.2) is 0 Å². The summed E-state index contributed by atoms with van der Waals surface area (Å²) >= 11 is 0. The van der Waals surface area contributed by atoms with Gasteiger partial charge < -0.3 is 0 Å². The molecule has 3 aromatic rings. The fraction of sp³-hybridized carbons (Fsp3) is 0.412. The van der Waals surface area contributed by atoms with Crippen molar-refractivity contribution in [1.82, 2.24) is 0 Å². The fourth-order valence-electron chi connectivity index (χ4n) is 5.96. The molecule has 1 unspecified atom stereocenters. The first-order valence-electron chi connectivity index (χ1n) is 12.5. The van der Waals surface area contributed by atoms with Crippen molar-refractivity contribution < 1.29 is 0 Å². The smallest absolute Gasteiger partial charge is 0.0296 e. The van der Waals surface area contributed by atoms with Crippen LogP contribution in [0.4, 0.5) is 0 Å². The van der Waals surface area contributed by atoms with E-state index >= 15 is 0 Å². The molecule has 178 valence electrons.